The fourth-order valence-electron chi connectivity index (χ4n) is 5.64. The van der Waals surface area contributed by atoms with Gasteiger partial charge in [0, 0.05) is 54.9 Å². The molecule has 3 aromatic heterocycles. The summed E-state index contributed by atoms with van der Waals surface area (Å²) < 4.78 is 28.7. The van der Waals surface area contributed by atoms with Crippen LogP contribution in [-0.4, -0.2) is 53.5 Å². The van der Waals surface area contributed by atoms with Crippen molar-refractivity contribution in [2.75, 3.05) is 30.3 Å². The number of aromatic nitrogens is 2. The molecule has 1 aliphatic carbocycles. The van der Waals surface area contributed by atoms with Crippen LogP contribution < -0.4 is 21.3 Å². The highest BCUT2D eigenvalue weighted by molar-refractivity contribution is 7.21. The van der Waals surface area contributed by atoms with E-state index in [1.165, 1.54) is 11.3 Å². The maximum absolute atomic E-state index is 14.4. The van der Waals surface area contributed by atoms with Crippen molar-refractivity contribution in [3.05, 3.63) is 46.1 Å². The summed E-state index contributed by atoms with van der Waals surface area (Å²) in [5.74, 6) is -2.71. The smallest absolute Gasteiger partial charge is 0.263 e. The van der Waals surface area contributed by atoms with Crippen molar-refractivity contribution in [2.24, 2.45) is 5.92 Å². The Balaban J connectivity index is 1.14. The highest BCUT2D eigenvalue weighted by Gasteiger charge is 2.51. The van der Waals surface area contributed by atoms with E-state index >= 15 is 0 Å². The van der Waals surface area contributed by atoms with Crippen LogP contribution in [-0.2, 0) is 12.8 Å². The molecule has 3 aliphatic rings. The van der Waals surface area contributed by atoms with Crippen LogP contribution in [0.5, 0.6) is 0 Å². The van der Waals surface area contributed by atoms with Gasteiger partial charge in [0.2, 0.25) is 0 Å². The number of thiophene rings is 1. The lowest BCUT2D eigenvalue weighted by molar-refractivity contribution is -0.0811. The van der Waals surface area contributed by atoms with Gasteiger partial charge in [0.25, 0.3) is 11.8 Å². The van der Waals surface area contributed by atoms with E-state index in [0.29, 0.717) is 36.6 Å². The van der Waals surface area contributed by atoms with Crippen molar-refractivity contribution in [2.45, 2.75) is 50.6 Å². The number of nitrogens with zero attached hydrogens (tertiary/aromatic N) is 3. The Kier molecular flexibility index (Phi) is 5.41. The maximum atomic E-state index is 14.4. The molecular formula is C25H28F2N6OS. The number of rotatable bonds is 3. The predicted molar refractivity (Wildman–Crippen MR) is 133 cm³/mol. The van der Waals surface area contributed by atoms with Crippen molar-refractivity contribution < 1.29 is 13.6 Å². The third kappa shape index (κ3) is 4.02. The van der Waals surface area contributed by atoms with Crippen LogP contribution in [0.15, 0.2) is 24.3 Å². The monoisotopic (exact) mass is 498 g/mol. The summed E-state index contributed by atoms with van der Waals surface area (Å²) >= 11 is 1.32. The maximum Gasteiger partial charge on any atom is 0.263 e. The van der Waals surface area contributed by atoms with E-state index in [0.717, 1.165) is 45.8 Å². The summed E-state index contributed by atoms with van der Waals surface area (Å²) in [7, 11) is 0. The molecule has 2 saturated heterocycles. The third-order valence-corrected chi connectivity index (χ3v) is 8.69. The zero-order valence-corrected chi connectivity index (χ0v) is 20.3. The Bertz CT molecular complexity index is 1310. The summed E-state index contributed by atoms with van der Waals surface area (Å²) in [6.45, 7) is 3.14. The molecule has 0 spiro atoms. The molecule has 6 rings (SSSR count). The first-order valence-electron chi connectivity index (χ1n) is 12.1. The quantitative estimate of drug-likeness (QED) is 0.513. The number of nitrogens with two attached hydrogens (primary N) is 1. The number of pyridine rings is 2. The van der Waals surface area contributed by atoms with Gasteiger partial charge in [0.1, 0.15) is 15.5 Å². The number of piperidine rings is 1. The molecule has 7 nitrogen and oxygen atoms in total. The van der Waals surface area contributed by atoms with Gasteiger partial charge < -0.3 is 21.3 Å². The van der Waals surface area contributed by atoms with Crippen molar-refractivity contribution in [3.63, 3.8) is 0 Å². The normalized spacial score (nSPS) is 25.3. The first-order valence-corrected chi connectivity index (χ1v) is 12.9. The number of carbonyl (C=O) groups excluding carboxylic acids is 1. The number of alkyl halides is 2. The number of nitrogens with one attached hydrogen (secondary N) is 2. The Morgan fingerprint density at radius 3 is 2.94 bits per heavy atom. The van der Waals surface area contributed by atoms with Crippen molar-refractivity contribution in [1.82, 2.24) is 20.6 Å². The van der Waals surface area contributed by atoms with Crippen LogP contribution in [0.3, 0.4) is 0 Å². The van der Waals surface area contributed by atoms with Crippen LogP contribution >= 0.6 is 11.3 Å². The topological polar surface area (TPSA) is 96.2 Å². The molecule has 5 heterocycles. The lowest BCUT2D eigenvalue weighted by Crippen LogP contribution is -2.51. The second kappa shape index (κ2) is 8.37. The lowest BCUT2D eigenvalue weighted by Gasteiger charge is -2.33. The molecule has 2 aliphatic heterocycles. The third-order valence-electron chi connectivity index (χ3n) is 7.58. The Morgan fingerprint density at radius 2 is 2.11 bits per heavy atom. The molecule has 3 aromatic rings. The van der Waals surface area contributed by atoms with Gasteiger partial charge in [-0.1, -0.05) is 6.07 Å². The summed E-state index contributed by atoms with van der Waals surface area (Å²) in [4.78, 5) is 25.6. The Labute approximate surface area is 206 Å². The van der Waals surface area contributed by atoms with Crippen LogP contribution in [0.25, 0.3) is 10.2 Å². The molecule has 3 atom stereocenters. The summed E-state index contributed by atoms with van der Waals surface area (Å²) in [6.07, 6.45) is 2.07. The molecule has 10 heteroatoms. The second-order valence-corrected chi connectivity index (χ2v) is 10.9. The number of fused-ring (bicyclic) bond motifs is 3. The Hall–Kier alpha value is -2.85. The predicted octanol–water partition coefficient (Wildman–Crippen LogP) is 3.30. The molecule has 184 valence electrons. The number of amides is 1. The number of hydrogen-bond acceptors (Lipinski definition) is 7. The molecule has 2 fully saturated rings. The van der Waals surface area contributed by atoms with E-state index in [4.69, 9.17) is 10.7 Å². The van der Waals surface area contributed by atoms with Crippen LogP contribution in [0.2, 0.25) is 0 Å². The van der Waals surface area contributed by atoms with Crippen molar-refractivity contribution in [1.29, 1.82) is 0 Å². The van der Waals surface area contributed by atoms with Gasteiger partial charge in [0.05, 0.1) is 11.6 Å². The van der Waals surface area contributed by atoms with Crippen LogP contribution in [0.1, 0.15) is 39.5 Å². The van der Waals surface area contributed by atoms with Gasteiger partial charge in [-0.15, -0.1) is 11.3 Å². The van der Waals surface area contributed by atoms with Crippen molar-refractivity contribution in [3.8, 4) is 0 Å². The largest absolute Gasteiger partial charge is 0.397 e. The minimum atomic E-state index is -2.63. The molecule has 4 N–H and O–H groups in total. The zero-order valence-electron chi connectivity index (χ0n) is 19.5. The standard InChI is InChI=1S/C25H28F2N6OS/c1-13-2-5-16-21(28)22(35-24(16)30-13)23(34)31-15-4-6-18-14(10-15)3-7-20(32-18)33-11-17-19(12-33)29-9-8-25(17,26)27/h2-3,5,7,15,17,19,29H,4,6,8-12,28H2,1H3,(H,31,34)/t15-,17-,19+/m0/s1. The fourth-order valence-corrected chi connectivity index (χ4v) is 6.69. The molecule has 0 unspecified atom stereocenters. The average Bonchev–Trinajstić information content (AvgIpc) is 3.41. The van der Waals surface area contributed by atoms with Gasteiger partial charge in [-0.3, -0.25) is 4.79 Å². The number of halogens is 2. The van der Waals surface area contributed by atoms with E-state index in [9.17, 15) is 13.6 Å². The number of aryl methyl sites for hydroxylation is 2. The van der Waals surface area contributed by atoms with Gasteiger partial charge in [-0.05, 0) is 49.9 Å². The van der Waals surface area contributed by atoms with Gasteiger partial charge in [-0.25, -0.2) is 18.7 Å². The fraction of sp³-hybridized carbons (Fsp3) is 0.480. The SMILES string of the molecule is Cc1ccc2c(N)c(C(=O)N[C@H]3CCc4nc(N5C[C@H]6NCCC(F)(F)[C@H]6C5)ccc4C3)sc2n1. The van der Waals surface area contributed by atoms with Crippen LogP contribution in [0, 0.1) is 12.8 Å². The summed E-state index contributed by atoms with van der Waals surface area (Å²) in [6, 6.07) is 7.55. The highest BCUT2D eigenvalue weighted by atomic mass is 32.1. The van der Waals surface area contributed by atoms with E-state index in [1.807, 2.05) is 36.1 Å². The van der Waals surface area contributed by atoms with E-state index in [-0.39, 0.29) is 24.4 Å². The molecule has 0 aromatic carbocycles. The number of anilines is 2. The summed E-state index contributed by atoms with van der Waals surface area (Å²) in [5.41, 5.74) is 9.69. The minimum absolute atomic E-state index is 0.0143. The molecule has 35 heavy (non-hydrogen) atoms. The van der Waals surface area contributed by atoms with Crippen LogP contribution in [0.4, 0.5) is 20.3 Å². The molecular weight excluding hydrogens is 470 g/mol. The Morgan fingerprint density at radius 1 is 1.26 bits per heavy atom. The first-order chi connectivity index (χ1) is 16.8. The minimum Gasteiger partial charge on any atom is -0.397 e. The number of carbonyl (C=O) groups is 1. The molecule has 0 radical (unpaired) electrons. The molecule has 0 saturated carbocycles. The van der Waals surface area contributed by atoms with E-state index in [1.54, 1.807) is 0 Å². The first kappa shape index (κ1) is 22.6. The number of nitrogen functional groups attached to an aromatic ring is 1. The van der Waals surface area contributed by atoms with Gasteiger partial charge in [-0.2, -0.15) is 0 Å². The highest BCUT2D eigenvalue weighted by Crippen LogP contribution is 2.39. The van der Waals surface area contributed by atoms with E-state index < -0.39 is 11.8 Å². The average molecular weight is 499 g/mol. The summed E-state index contributed by atoms with van der Waals surface area (Å²) in [5, 5.41) is 7.20. The zero-order chi connectivity index (χ0) is 24.3. The molecule has 1 amide bonds. The second-order valence-electron chi connectivity index (χ2n) is 9.92. The van der Waals surface area contributed by atoms with Gasteiger partial charge >= 0.3 is 0 Å². The number of hydrogen-bond donors (Lipinski definition) is 3. The van der Waals surface area contributed by atoms with Gasteiger partial charge in [0.15, 0.2) is 0 Å². The molecule has 0 bridgehead atoms. The van der Waals surface area contributed by atoms with E-state index in [2.05, 4.69) is 15.6 Å². The lowest BCUT2D eigenvalue weighted by atomic mass is 9.90. The van der Waals surface area contributed by atoms with Crippen molar-refractivity contribution >= 4 is 39.0 Å².